The molecule has 0 aromatic carbocycles. The van der Waals surface area contributed by atoms with E-state index in [1.807, 2.05) is 6.21 Å². The van der Waals surface area contributed by atoms with Crippen molar-refractivity contribution in [2.24, 2.45) is 4.99 Å². The van der Waals surface area contributed by atoms with E-state index in [0.717, 1.165) is 18.5 Å². The van der Waals surface area contributed by atoms with Crippen LogP contribution in [-0.2, 0) is 0 Å². The van der Waals surface area contributed by atoms with E-state index in [-0.39, 0.29) is 5.54 Å². The highest BCUT2D eigenvalue weighted by molar-refractivity contribution is 5.77. The molecular formula is C10H17N2-. The van der Waals surface area contributed by atoms with Crippen molar-refractivity contribution in [1.29, 1.82) is 0 Å². The zero-order valence-electron chi connectivity index (χ0n) is 8.39. The summed E-state index contributed by atoms with van der Waals surface area (Å²) in [5.41, 5.74) is 2.23. The molecule has 68 valence electrons. The van der Waals surface area contributed by atoms with Crippen molar-refractivity contribution in [2.75, 3.05) is 0 Å². The molecule has 0 atom stereocenters. The van der Waals surface area contributed by atoms with Crippen molar-refractivity contribution < 1.29 is 0 Å². The molecule has 0 aromatic heterocycles. The van der Waals surface area contributed by atoms with E-state index >= 15 is 0 Å². The average molecular weight is 165 g/mol. The van der Waals surface area contributed by atoms with Gasteiger partial charge in [0.2, 0.25) is 0 Å². The van der Waals surface area contributed by atoms with Gasteiger partial charge in [0.1, 0.15) is 0 Å². The second-order valence-electron chi connectivity index (χ2n) is 3.62. The lowest BCUT2D eigenvalue weighted by Crippen LogP contribution is -2.23. The number of rotatable bonds is 2. The molecule has 1 heterocycles. The van der Waals surface area contributed by atoms with Crippen LogP contribution in [0.25, 0.3) is 5.32 Å². The summed E-state index contributed by atoms with van der Waals surface area (Å²) in [5.74, 6) is 0. The first-order valence-corrected chi connectivity index (χ1v) is 4.59. The number of allylic oxidation sites excluding steroid dienone is 2. The summed E-state index contributed by atoms with van der Waals surface area (Å²) in [6, 6.07) is 0. The fourth-order valence-electron chi connectivity index (χ4n) is 1.33. The Morgan fingerprint density at radius 3 is 2.50 bits per heavy atom. The summed E-state index contributed by atoms with van der Waals surface area (Å²) in [7, 11) is 0. The van der Waals surface area contributed by atoms with E-state index in [4.69, 9.17) is 0 Å². The van der Waals surface area contributed by atoms with Gasteiger partial charge >= 0.3 is 0 Å². The standard InChI is InChI=1S/C10H17N2/c1-5-8-9(6-2)12-10(3,4)7-11-8/h7H,5-6H2,1-4H3/q-1. The first-order valence-electron chi connectivity index (χ1n) is 4.59. The Morgan fingerprint density at radius 1 is 1.33 bits per heavy atom. The molecular weight excluding hydrogens is 148 g/mol. The van der Waals surface area contributed by atoms with Crippen molar-refractivity contribution in [3.8, 4) is 0 Å². The van der Waals surface area contributed by atoms with Gasteiger partial charge < -0.3 is 5.32 Å². The molecule has 0 bridgehead atoms. The SMILES string of the molecule is CCC1=C(CC)[N-]C(C)(C)C=N1. The summed E-state index contributed by atoms with van der Waals surface area (Å²) >= 11 is 0. The molecule has 0 aliphatic carbocycles. The van der Waals surface area contributed by atoms with Gasteiger partial charge in [0, 0.05) is 5.70 Å². The van der Waals surface area contributed by atoms with Crippen LogP contribution in [0, 0.1) is 0 Å². The highest BCUT2D eigenvalue weighted by Gasteiger charge is 2.09. The highest BCUT2D eigenvalue weighted by Crippen LogP contribution is 2.30. The maximum absolute atomic E-state index is 4.62. The summed E-state index contributed by atoms with van der Waals surface area (Å²) < 4.78 is 0. The third kappa shape index (κ3) is 1.87. The smallest absolute Gasteiger partial charge is 0.0208 e. The van der Waals surface area contributed by atoms with Gasteiger partial charge in [0.25, 0.3) is 0 Å². The summed E-state index contributed by atoms with van der Waals surface area (Å²) in [6.45, 7) is 8.42. The molecule has 0 fully saturated rings. The molecule has 0 saturated carbocycles. The predicted octanol–water partition coefficient (Wildman–Crippen LogP) is 3.25. The lowest BCUT2D eigenvalue weighted by molar-refractivity contribution is 0.761. The third-order valence-electron chi connectivity index (χ3n) is 1.96. The van der Waals surface area contributed by atoms with Crippen LogP contribution >= 0.6 is 0 Å². The Kier molecular flexibility index (Phi) is 2.55. The summed E-state index contributed by atoms with van der Waals surface area (Å²) in [4.78, 5) is 4.41. The van der Waals surface area contributed by atoms with Crippen LogP contribution in [0.4, 0.5) is 0 Å². The van der Waals surface area contributed by atoms with Crippen molar-refractivity contribution >= 4 is 6.21 Å². The Bertz CT molecular complexity index is 224. The molecule has 1 aliphatic rings. The molecule has 2 nitrogen and oxygen atoms in total. The van der Waals surface area contributed by atoms with Crippen LogP contribution in [0.2, 0.25) is 0 Å². The van der Waals surface area contributed by atoms with E-state index in [1.54, 1.807) is 0 Å². The monoisotopic (exact) mass is 165 g/mol. The van der Waals surface area contributed by atoms with Gasteiger partial charge in [-0.3, -0.25) is 4.99 Å². The van der Waals surface area contributed by atoms with Crippen LogP contribution < -0.4 is 0 Å². The van der Waals surface area contributed by atoms with Gasteiger partial charge in [-0.05, 0) is 19.1 Å². The van der Waals surface area contributed by atoms with Crippen LogP contribution in [0.15, 0.2) is 16.4 Å². The number of hydrogen-bond donors (Lipinski definition) is 0. The maximum Gasteiger partial charge on any atom is 0.0208 e. The van der Waals surface area contributed by atoms with Gasteiger partial charge in [0.05, 0.1) is 0 Å². The fourth-order valence-corrected chi connectivity index (χ4v) is 1.33. The molecule has 1 aliphatic heterocycles. The Morgan fingerprint density at radius 2 is 2.00 bits per heavy atom. The summed E-state index contributed by atoms with van der Waals surface area (Å²) in [6.07, 6.45) is 3.91. The molecule has 1 rings (SSSR count). The number of aliphatic imine (C=N–C) groups is 1. The van der Waals surface area contributed by atoms with Gasteiger partial charge in [-0.2, -0.15) is 0 Å². The van der Waals surface area contributed by atoms with Gasteiger partial charge in [-0.1, -0.05) is 33.2 Å². The third-order valence-corrected chi connectivity index (χ3v) is 1.96. The normalized spacial score (nSPS) is 21.0. The van der Waals surface area contributed by atoms with Gasteiger partial charge in [-0.25, -0.2) is 0 Å². The van der Waals surface area contributed by atoms with Gasteiger partial charge in [0.15, 0.2) is 0 Å². The molecule has 0 spiro atoms. The largest absolute Gasteiger partial charge is 0.677 e. The molecule has 2 heteroatoms. The quantitative estimate of drug-likeness (QED) is 0.600. The fraction of sp³-hybridized carbons (Fsp3) is 0.700. The van der Waals surface area contributed by atoms with E-state index in [0.29, 0.717) is 0 Å². The number of nitrogens with zero attached hydrogens (tertiary/aromatic N) is 2. The molecule has 0 amide bonds. The van der Waals surface area contributed by atoms with Crippen LogP contribution in [-0.4, -0.2) is 11.8 Å². The van der Waals surface area contributed by atoms with Crippen LogP contribution in [0.3, 0.4) is 0 Å². The minimum Gasteiger partial charge on any atom is -0.677 e. The van der Waals surface area contributed by atoms with Crippen molar-refractivity contribution in [1.82, 2.24) is 0 Å². The molecule has 0 radical (unpaired) electrons. The van der Waals surface area contributed by atoms with Gasteiger partial charge in [-0.15, -0.1) is 5.70 Å². The molecule has 0 N–H and O–H groups in total. The lowest BCUT2D eigenvalue weighted by atomic mass is 10.0. The second kappa shape index (κ2) is 3.30. The van der Waals surface area contributed by atoms with Crippen molar-refractivity contribution in [2.45, 2.75) is 46.1 Å². The van der Waals surface area contributed by atoms with E-state index < -0.39 is 0 Å². The first kappa shape index (κ1) is 9.30. The van der Waals surface area contributed by atoms with Crippen molar-refractivity contribution in [3.63, 3.8) is 0 Å². The Labute approximate surface area is 74.8 Å². The first-order chi connectivity index (χ1) is 5.59. The zero-order valence-corrected chi connectivity index (χ0v) is 8.39. The van der Waals surface area contributed by atoms with E-state index in [1.165, 1.54) is 5.70 Å². The van der Waals surface area contributed by atoms with Crippen LogP contribution in [0.5, 0.6) is 0 Å². The number of hydrogen-bond acceptors (Lipinski definition) is 1. The summed E-state index contributed by atoms with van der Waals surface area (Å²) in [5, 5.41) is 4.62. The molecule has 0 unspecified atom stereocenters. The topological polar surface area (TPSA) is 26.5 Å². The van der Waals surface area contributed by atoms with Crippen LogP contribution in [0.1, 0.15) is 40.5 Å². The van der Waals surface area contributed by atoms with E-state index in [9.17, 15) is 0 Å². The Balaban J connectivity index is 2.86. The molecule has 0 aromatic rings. The highest BCUT2D eigenvalue weighted by atomic mass is 15.0. The minimum absolute atomic E-state index is 0.0932. The predicted molar refractivity (Wildman–Crippen MR) is 53.5 cm³/mol. The zero-order chi connectivity index (χ0) is 9.19. The molecule has 0 saturated heterocycles. The minimum atomic E-state index is -0.0932. The lowest BCUT2D eigenvalue weighted by Gasteiger charge is -2.43. The molecule has 12 heavy (non-hydrogen) atoms. The second-order valence-corrected chi connectivity index (χ2v) is 3.62. The van der Waals surface area contributed by atoms with Crippen molar-refractivity contribution in [3.05, 3.63) is 16.7 Å². The Hall–Kier alpha value is -0.790. The maximum atomic E-state index is 4.62. The van der Waals surface area contributed by atoms with E-state index in [2.05, 4.69) is 38.0 Å². The average Bonchev–Trinajstić information content (AvgIpc) is 2.03.